The van der Waals surface area contributed by atoms with E-state index >= 15 is 0 Å². The van der Waals surface area contributed by atoms with Crippen LogP contribution in [0.3, 0.4) is 0 Å². The maximum absolute atomic E-state index is 12.9. The predicted molar refractivity (Wildman–Crippen MR) is 79.1 cm³/mol. The second-order valence-corrected chi connectivity index (χ2v) is 6.72. The molecule has 5 nitrogen and oxygen atoms in total. The van der Waals surface area contributed by atoms with E-state index in [0.717, 1.165) is 13.0 Å². The van der Waals surface area contributed by atoms with Crippen molar-refractivity contribution in [1.29, 1.82) is 0 Å². The van der Waals surface area contributed by atoms with Crippen LogP contribution < -0.4 is 0 Å². The Morgan fingerprint density at radius 1 is 1.00 bits per heavy atom. The van der Waals surface area contributed by atoms with Crippen LogP contribution in [-0.4, -0.2) is 28.9 Å². The number of halogens is 3. The minimum absolute atomic E-state index is 0.404. The van der Waals surface area contributed by atoms with Gasteiger partial charge < -0.3 is 4.74 Å². The van der Waals surface area contributed by atoms with Crippen LogP contribution in [0.15, 0.2) is 18.2 Å². The molecule has 0 amide bonds. The van der Waals surface area contributed by atoms with E-state index in [0.29, 0.717) is 12.1 Å². The largest absolute Gasteiger partial charge is 0.459 e. The van der Waals surface area contributed by atoms with Crippen LogP contribution in [0.25, 0.3) is 0 Å². The lowest BCUT2D eigenvalue weighted by Gasteiger charge is -2.27. The molecule has 1 aromatic rings. The molecule has 1 aromatic carbocycles. The quantitative estimate of drug-likeness (QED) is 0.601. The molecule has 0 fully saturated rings. The number of alkyl halides is 3. The Bertz CT molecular complexity index is 801. The van der Waals surface area contributed by atoms with Crippen molar-refractivity contribution in [1.82, 2.24) is 0 Å². The maximum atomic E-state index is 12.9. The first-order valence-corrected chi connectivity index (χ1v) is 7.28. The van der Waals surface area contributed by atoms with Gasteiger partial charge in [-0.25, -0.2) is 4.79 Å². The van der Waals surface area contributed by atoms with Gasteiger partial charge in [0.15, 0.2) is 17.3 Å². The van der Waals surface area contributed by atoms with Crippen molar-refractivity contribution in [3.63, 3.8) is 0 Å². The van der Waals surface area contributed by atoms with Crippen LogP contribution in [0.4, 0.5) is 13.2 Å². The number of hydrogen-bond acceptors (Lipinski definition) is 5. The van der Waals surface area contributed by atoms with E-state index < -0.39 is 57.2 Å². The fourth-order valence-corrected chi connectivity index (χ4v) is 2.62. The number of Topliss-reactive ketones (excluding diaryl/α,β-unsaturated/α-hetero) is 3. The maximum Gasteiger partial charge on any atom is 0.416 e. The number of carbonyl (C=O) groups excluding carboxylic acids is 4. The van der Waals surface area contributed by atoms with Gasteiger partial charge in [0.1, 0.15) is 5.60 Å². The second-order valence-electron chi connectivity index (χ2n) is 6.72. The molecule has 0 N–H and O–H groups in total. The lowest BCUT2D eigenvalue weighted by atomic mass is 9.79. The van der Waals surface area contributed by atoms with Gasteiger partial charge in [-0.3, -0.25) is 14.4 Å². The molecule has 1 atom stereocenters. The Kier molecular flexibility index (Phi) is 4.14. The molecule has 0 heterocycles. The SMILES string of the molecule is CC(=O)C1(C(=O)OC(C)(C)C)C(=O)c2ccc(C(F)(F)F)cc2C1=O. The molecule has 0 saturated heterocycles. The summed E-state index contributed by atoms with van der Waals surface area (Å²) in [5.74, 6) is -4.93. The van der Waals surface area contributed by atoms with Gasteiger partial charge in [-0.1, -0.05) is 6.07 Å². The number of ether oxygens (including phenoxy) is 1. The van der Waals surface area contributed by atoms with Crippen molar-refractivity contribution in [3.8, 4) is 0 Å². The van der Waals surface area contributed by atoms with Gasteiger partial charge in [-0.15, -0.1) is 0 Å². The van der Waals surface area contributed by atoms with E-state index in [1.54, 1.807) is 0 Å². The Labute approximate surface area is 141 Å². The van der Waals surface area contributed by atoms with Crippen molar-refractivity contribution in [2.24, 2.45) is 5.41 Å². The molecular formula is C17H15F3O5. The minimum Gasteiger partial charge on any atom is -0.459 e. The molecule has 0 saturated carbocycles. The standard InChI is InChI=1S/C17H15F3O5/c1-8(21)16(14(24)25-15(2,3)4)12(22)10-6-5-9(17(18,19)20)7-11(10)13(16)23/h5-7H,1-4H3. The third kappa shape index (κ3) is 2.85. The predicted octanol–water partition coefficient (Wildman–Crippen LogP) is 3.00. The topological polar surface area (TPSA) is 77.5 Å². The van der Waals surface area contributed by atoms with E-state index in [1.165, 1.54) is 20.8 Å². The molecule has 1 aliphatic rings. The van der Waals surface area contributed by atoms with Gasteiger partial charge in [-0.2, -0.15) is 13.2 Å². The smallest absolute Gasteiger partial charge is 0.416 e. The van der Waals surface area contributed by atoms with Crippen molar-refractivity contribution in [2.45, 2.75) is 39.5 Å². The molecule has 1 unspecified atom stereocenters. The van der Waals surface area contributed by atoms with E-state index in [4.69, 9.17) is 4.74 Å². The van der Waals surface area contributed by atoms with E-state index in [2.05, 4.69) is 0 Å². The molecule has 0 aromatic heterocycles. The average molecular weight is 356 g/mol. The first-order chi connectivity index (χ1) is 11.2. The second kappa shape index (κ2) is 5.50. The monoisotopic (exact) mass is 356 g/mol. The molecule has 0 aliphatic heterocycles. The summed E-state index contributed by atoms with van der Waals surface area (Å²) in [5, 5.41) is 0. The molecule has 8 heteroatoms. The zero-order chi connectivity index (χ0) is 19.4. The Morgan fingerprint density at radius 2 is 1.52 bits per heavy atom. The highest BCUT2D eigenvalue weighted by molar-refractivity contribution is 6.48. The lowest BCUT2D eigenvalue weighted by Crippen LogP contribution is -2.50. The van der Waals surface area contributed by atoms with Crippen LogP contribution >= 0.6 is 0 Å². The van der Waals surface area contributed by atoms with Crippen LogP contribution in [0.2, 0.25) is 0 Å². The summed E-state index contributed by atoms with van der Waals surface area (Å²) >= 11 is 0. The van der Waals surface area contributed by atoms with Crippen molar-refractivity contribution < 1.29 is 37.1 Å². The van der Waals surface area contributed by atoms with E-state index in [9.17, 15) is 32.3 Å². The molecule has 2 rings (SSSR count). The van der Waals surface area contributed by atoms with Crippen molar-refractivity contribution in [2.75, 3.05) is 0 Å². The highest BCUT2D eigenvalue weighted by Gasteiger charge is 2.64. The van der Waals surface area contributed by atoms with Crippen LogP contribution in [-0.2, 0) is 20.5 Å². The number of carbonyl (C=O) groups is 4. The zero-order valence-corrected chi connectivity index (χ0v) is 13.9. The molecule has 25 heavy (non-hydrogen) atoms. The third-order valence-electron chi connectivity index (χ3n) is 3.75. The van der Waals surface area contributed by atoms with Crippen molar-refractivity contribution in [3.05, 3.63) is 34.9 Å². The first kappa shape index (κ1) is 18.8. The average Bonchev–Trinajstić information content (AvgIpc) is 2.65. The van der Waals surface area contributed by atoms with E-state index in [-0.39, 0.29) is 0 Å². The Hall–Kier alpha value is -2.51. The van der Waals surface area contributed by atoms with Gasteiger partial charge in [0.2, 0.25) is 0 Å². The molecule has 1 aliphatic carbocycles. The highest BCUT2D eigenvalue weighted by atomic mass is 19.4. The zero-order valence-electron chi connectivity index (χ0n) is 13.9. The Morgan fingerprint density at radius 3 is 1.96 bits per heavy atom. The van der Waals surface area contributed by atoms with Gasteiger partial charge >= 0.3 is 12.1 Å². The molecule has 134 valence electrons. The Balaban J connectivity index is 2.66. The summed E-state index contributed by atoms with van der Waals surface area (Å²) in [6, 6.07) is 1.90. The summed E-state index contributed by atoms with van der Waals surface area (Å²) in [6.07, 6.45) is -4.74. The molecule has 0 spiro atoms. The number of hydrogen-bond donors (Lipinski definition) is 0. The minimum atomic E-state index is -4.74. The molecule has 0 bridgehead atoms. The van der Waals surface area contributed by atoms with Crippen LogP contribution in [0, 0.1) is 5.41 Å². The number of esters is 1. The summed E-state index contributed by atoms with van der Waals surface area (Å²) < 4.78 is 43.6. The van der Waals surface area contributed by atoms with Crippen LogP contribution in [0.1, 0.15) is 54.0 Å². The first-order valence-electron chi connectivity index (χ1n) is 7.28. The normalized spacial score (nSPS) is 20.4. The van der Waals surface area contributed by atoms with Crippen molar-refractivity contribution >= 4 is 23.3 Å². The van der Waals surface area contributed by atoms with Gasteiger partial charge in [0.05, 0.1) is 5.56 Å². The summed E-state index contributed by atoms with van der Waals surface area (Å²) in [7, 11) is 0. The fraction of sp³-hybridized carbons (Fsp3) is 0.412. The van der Waals surface area contributed by atoms with Gasteiger partial charge in [0.25, 0.3) is 5.41 Å². The van der Waals surface area contributed by atoms with E-state index in [1.807, 2.05) is 0 Å². The summed E-state index contributed by atoms with van der Waals surface area (Å²) in [4.78, 5) is 49.9. The highest BCUT2D eigenvalue weighted by Crippen LogP contribution is 2.42. The fourth-order valence-electron chi connectivity index (χ4n) is 2.62. The molecular weight excluding hydrogens is 341 g/mol. The number of benzene rings is 1. The number of fused-ring (bicyclic) bond motifs is 1. The molecule has 0 radical (unpaired) electrons. The third-order valence-corrected chi connectivity index (χ3v) is 3.75. The van der Waals surface area contributed by atoms with Crippen LogP contribution in [0.5, 0.6) is 0 Å². The number of rotatable bonds is 2. The summed E-state index contributed by atoms with van der Waals surface area (Å²) in [6.45, 7) is 5.27. The lowest BCUT2D eigenvalue weighted by molar-refractivity contribution is -0.163. The van der Waals surface area contributed by atoms with Gasteiger partial charge in [0, 0.05) is 11.1 Å². The van der Waals surface area contributed by atoms with Gasteiger partial charge in [-0.05, 0) is 39.8 Å². The number of ketones is 3. The summed E-state index contributed by atoms with van der Waals surface area (Å²) in [5.41, 5.74) is -6.07.